The van der Waals surface area contributed by atoms with Crippen molar-refractivity contribution in [3.63, 3.8) is 0 Å². The molecule has 0 aliphatic carbocycles. The van der Waals surface area contributed by atoms with Gasteiger partial charge in [-0.25, -0.2) is 0 Å². The normalized spacial score (nSPS) is 20.8. The zero-order valence-corrected chi connectivity index (χ0v) is 21.4. The third kappa shape index (κ3) is 7.65. The van der Waals surface area contributed by atoms with Crippen LogP contribution in [0.15, 0.2) is 35.5 Å². The number of carbonyl (C=O) groups excluding carboxylic acids is 1. The fourth-order valence-electron chi connectivity index (χ4n) is 4.49. The van der Waals surface area contributed by atoms with Crippen molar-refractivity contribution in [2.75, 3.05) is 25.4 Å². The second-order valence-electron chi connectivity index (χ2n) is 9.01. The van der Waals surface area contributed by atoms with E-state index < -0.39 is 0 Å². The molecule has 1 saturated heterocycles. The van der Waals surface area contributed by atoms with Crippen molar-refractivity contribution in [3.8, 4) is 5.75 Å². The first-order valence-corrected chi connectivity index (χ1v) is 13.6. The number of benzene rings is 1. The minimum Gasteiger partial charge on any atom is -0.507 e. The molecule has 0 aromatic heterocycles. The Bertz CT molecular complexity index is 904. The highest BCUT2D eigenvalue weighted by Gasteiger charge is 2.22. The van der Waals surface area contributed by atoms with E-state index in [4.69, 9.17) is 16.6 Å². The van der Waals surface area contributed by atoms with Gasteiger partial charge in [-0.05, 0) is 75.5 Å². The molecule has 0 spiro atoms. The number of phenolic OH excluding ortho intramolecular Hbond substituents is 1. The van der Waals surface area contributed by atoms with Gasteiger partial charge >= 0.3 is 0 Å². The Morgan fingerprint density at radius 3 is 2.73 bits per heavy atom. The van der Waals surface area contributed by atoms with E-state index in [2.05, 4.69) is 23.6 Å². The quantitative estimate of drug-likeness (QED) is 0.458. The number of aromatic hydroxyl groups is 1. The molecule has 0 radical (unpaired) electrons. The van der Waals surface area contributed by atoms with Gasteiger partial charge in [0.2, 0.25) is 5.12 Å². The zero-order chi connectivity index (χ0) is 23.6. The van der Waals surface area contributed by atoms with Crippen LogP contribution in [-0.2, 0) is 6.42 Å². The van der Waals surface area contributed by atoms with Gasteiger partial charge in [-0.2, -0.15) is 0 Å². The molecule has 33 heavy (non-hydrogen) atoms. The number of hydrogen-bond acceptors (Lipinski definition) is 5. The highest BCUT2D eigenvalue weighted by atomic mass is 35.5. The lowest BCUT2D eigenvalue weighted by molar-refractivity contribution is 0.108. The molecule has 1 fully saturated rings. The average Bonchev–Trinajstić information content (AvgIpc) is 2.80. The number of likely N-dealkylation sites (tertiary alicyclic amines) is 1. The van der Waals surface area contributed by atoms with Gasteiger partial charge in [0.1, 0.15) is 5.75 Å². The number of allylic oxidation sites excluding steroid dienone is 2. The lowest BCUT2D eigenvalue weighted by Crippen LogP contribution is -2.28. The van der Waals surface area contributed by atoms with Gasteiger partial charge in [-0.15, -0.1) is 0 Å². The number of thioether (sulfide) groups is 1. The number of nitrogens with zero attached hydrogens (tertiary/aromatic N) is 2. The van der Waals surface area contributed by atoms with E-state index in [9.17, 15) is 9.90 Å². The fraction of sp³-hybridized carbons (Fsp3) is 0.556. The van der Waals surface area contributed by atoms with Crippen molar-refractivity contribution >= 4 is 34.2 Å². The highest BCUT2D eigenvalue weighted by Crippen LogP contribution is 2.35. The van der Waals surface area contributed by atoms with Crippen LogP contribution in [0.2, 0.25) is 5.02 Å². The minimum atomic E-state index is -0.118. The number of hydrogen-bond donors (Lipinski definition) is 1. The van der Waals surface area contributed by atoms with E-state index in [0.717, 1.165) is 62.9 Å². The Balaban J connectivity index is 1.82. The molecule has 2 aliphatic rings. The summed E-state index contributed by atoms with van der Waals surface area (Å²) in [6.45, 7) is 9.06. The van der Waals surface area contributed by atoms with Crippen LogP contribution in [-0.4, -0.2) is 46.2 Å². The Morgan fingerprint density at radius 1 is 1.18 bits per heavy atom. The SMILES string of the molecule is C=C(CC/N=C1/CCCC/C=C/CCSC(=O)c2c(O)cc(C)c(Cl)c2C1)N1CCCCC1. The maximum Gasteiger partial charge on any atom is 0.223 e. The Morgan fingerprint density at radius 2 is 1.94 bits per heavy atom. The van der Waals surface area contributed by atoms with E-state index >= 15 is 0 Å². The molecular weight excluding hydrogens is 452 g/mol. The van der Waals surface area contributed by atoms with E-state index in [1.807, 2.05) is 6.92 Å². The summed E-state index contributed by atoms with van der Waals surface area (Å²) in [7, 11) is 0. The van der Waals surface area contributed by atoms with E-state index in [1.54, 1.807) is 6.07 Å². The van der Waals surface area contributed by atoms with Gasteiger partial charge in [-0.3, -0.25) is 9.79 Å². The first-order chi connectivity index (χ1) is 16.0. The predicted octanol–water partition coefficient (Wildman–Crippen LogP) is 7.12. The predicted molar refractivity (Wildman–Crippen MR) is 142 cm³/mol. The fourth-order valence-corrected chi connectivity index (χ4v) is 5.52. The van der Waals surface area contributed by atoms with E-state index in [0.29, 0.717) is 34.9 Å². The van der Waals surface area contributed by atoms with E-state index in [1.165, 1.54) is 36.7 Å². The molecule has 1 aromatic rings. The van der Waals surface area contributed by atoms with Crippen LogP contribution < -0.4 is 0 Å². The van der Waals surface area contributed by atoms with Gasteiger partial charge in [0.25, 0.3) is 0 Å². The molecular formula is C27H37ClN2O2S. The van der Waals surface area contributed by atoms with Crippen LogP contribution in [0.1, 0.15) is 79.3 Å². The molecule has 0 saturated carbocycles. The molecule has 2 heterocycles. The van der Waals surface area contributed by atoms with Gasteiger partial charge in [-0.1, -0.05) is 42.1 Å². The summed E-state index contributed by atoms with van der Waals surface area (Å²) in [5.74, 6) is 0.712. The Kier molecular flexibility index (Phi) is 10.4. The summed E-state index contributed by atoms with van der Waals surface area (Å²) in [5, 5.41) is 11.1. The van der Waals surface area contributed by atoms with Crippen molar-refractivity contribution in [2.24, 2.45) is 4.99 Å². The van der Waals surface area contributed by atoms with Crippen molar-refractivity contribution in [3.05, 3.63) is 52.2 Å². The molecule has 0 atom stereocenters. The minimum absolute atomic E-state index is 0.0184. The molecule has 4 nitrogen and oxygen atoms in total. The van der Waals surface area contributed by atoms with E-state index in [-0.39, 0.29) is 10.9 Å². The maximum atomic E-state index is 13.0. The van der Waals surface area contributed by atoms with Crippen molar-refractivity contribution < 1.29 is 9.90 Å². The average molecular weight is 489 g/mol. The lowest BCUT2D eigenvalue weighted by atomic mass is 9.96. The second-order valence-corrected chi connectivity index (χ2v) is 10.5. The number of rotatable bonds is 4. The van der Waals surface area contributed by atoms with Crippen LogP contribution in [0.5, 0.6) is 5.75 Å². The summed E-state index contributed by atoms with van der Waals surface area (Å²) in [4.78, 5) is 20.4. The van der Waals surface area contributed by atoms with Crippen LogP contribution in [0.3, 0.4) is 0 Å². The van der Waals surface area contributed by atoms with Gasteiger partial charge in [0.05, 0.1) is 5.56 Å². The summed E-state index contributed by atoms with van der Waals surface area (Å²) >= 11 is 7.94. The first kappa shape index (κ1) is 25.9. The number of phenols is 1. The number of halogens is 1. The van der Waals surface area contributed by atoms with Crippen LogP contribution >= 0.6 is 23.4 Å². The van der Waals surface area contributed by atoms with Crippen LogP contribution in [0.4, 0.5) is 0 Å². The van der Waals surface area contributed by atoms with Crippen molar-refractivity contribution in [1.29, 1.82) is 0 Å². The topological polar surface area (TPSA) is 52.9 Å². The third-order valence-electron chi connectivity index (χ3n) is 6.42. The molecule has 0 bridgehead atoms. The number of carbonyl (C=O) groups is 1. The molecule has 2 aliphatic heterocycles. The number of piperidine rings is 1. The molecule has 3 rings (SSSR count). The molecule has 1 N–H and O–H groups in total. The highest BCUT2D eigenvalue weighted by molar-refractivity contribution is 8.14. The first-order valence-electron chi connectivity index (χ1n) is 12.3. The monoisotopic (exact) mass is 488 g/mol. The molecule has 0 amide bonds. The maximum absolute atomic E-state index is 13.0. The van der Waals surface area contributed by atoms with Crippen LogP contribution in [0.25, 0.3) is 0 Å². The Labute approximate surface area is 208 Å². The zero-order valence-electron chi connectivity index (χ0n) is 19.9. The van der Waals surface area contributed by atoms with Gasteiger partial charge in [0, 0.05) is 54.7 Å². The third-order valence-corrected chi connectivity index (χ3v) is 7.85. The largest absolute Gasteiger partial charge is 0.507 e. The summed E-state index contributed by atoms with van der Waals surface area (Å²) < 4.78 is 0. The molecule has 180 valence electrons. The number of fused-ring (bicyclic) bond motifs is 1. The van der Waals surface area contributed by atoms with Crippen molar-refractivity contribution in [2.45, 2.75) is 71.1 Å². The molecule has 6 heteroatoms. The molecule has 0 unspecified atom stereocenters. The van der Waals surface area contributed by atoms with Gasteiger partial charge < -0.3 is 10.0 Å². The smallest absolute Gasteiger partial charge is 0.223 e. The summed E-state index contributed by atoms with van der Waals surface area (Å²) in [6, 6.07) is 1.60. The van der Waals surface area contributed by atoms with Gasteiger partial charge in [0.15, 0.2) is 0 Å². The second kappa shape index (κ2) is 13.2. The van der Waals surface area contributed by atoms with Crippen LogP contribution in [0, 0.1) is 6.92 Å². The Hall–Kier alpha value is -1.72. The molecule has 1 aromatic carbocycles. The summed E-state index contributed by atoms with van der Waals surface area (Å²) in [6.07, 6.45) is 14.4. The summed E-state index contributed by atoms with van der Waals surface area (Å²) in [5.41, 5.74) is 4.07. The number of aryl methyl sites for hydroxylation is 1. The van der Waals surface area contributed by atoms with Crippen molar-refractivity contribution in [1.82, 2.24) is 4.90 Å². The standard InChI is InChI=1S/C27H37ClN2O2S/c1-20-18-24(31)25-23(26(20)28)19-22(12-8-5-3-4-6-11-17-33-27(25)32)29-14-13-21(2)30-15-9-7-10-16-30/h4,6,18,31H,2-3,5,7-17,19H2,1H3/b6-4+,29-22-. The number of aliphatic imine (C=N–C) groups is 1. The lowest BCUT2D eigenvalue weighted by Gasteiger charge is -2.30.